The second-order valence-electron chi connectivity index (χ2n) is 5.41. The summed E-state index contributed by atoms with van der Waals surface area (Å²) < 4.78 is 5.64. The third kappa shape index (κ3) is 2.19. The Hall–Kier alpha value is -2.56. The lowest BCUT2D eigenvalue weighted by Gasteiger charge is -2.33. The molecular weight excluding hydrogens is 280 g/mol. The normalized spacial score (nSPS) is 14.2. The molecule has 2 heterocycles. The monoisotopic (exact) mass is 298 g/mol. The summed E-state index contributed by atoms with van der Waals surface area (Å²) in [5.74, 6) is 0.691. The number of likely N-dealkylation sites (N-methyl/N-ethyl adjacent to an activating group) is 1. The lowest BCUT2D eigenvalue weighted by molar-refractivity contribution is -0.117. The Labute approximate surface area is 129 Å². The van der Waals surface area contributed by atoms with E-state index in [9.17, 15) is 9.59 Å². The van der Waals surface area contributed by atoms with E-state index in [2.05, 4.69) is 0 Å². The molecule has 0 saturated carbocycles. The van der Waals surface area contributed by atoms with E-state index in [0.29, 0.717) is 5.76 Å². The molecule has 1 aliphatic heterocycles. The Balaban J connectivity index is 2.04. The van der Waals surface area contributed by atoms with Crippen molar-refractivity contribution >= 4 is 23.2 Å². The van der Waals surface area contributed by atoms with E-state index in [4.69, 9.17) is 4.42 Å². The molecular formula is C17H18N2O3. The van der Waals surface area contributed by atoms with Crippen molar-refractivity contribution in [3.63, 3.8) is 0 Å². The molecule has 3 rings (SSSR count). The average Bonchev–Trinajstić information content (AvgIpc) is 2.91. The quantitative estimate of drug-likeness (QED) is 0.856. The molecule has 1 aliphatic rings. The number of carbonyl (C=O) groups is 2. The van der Waals surface area contributed by atoms with E-state index in [1.165, 1.54) is 4.90 Å². The number of rotatable bonds is 2. The molecule has 0 N–H and O–H groups in total. The van der Waals surface area contributed by atoms with Gasteiger partial charge < -0.3 is 9.32 Å². The summed E-state index contributed by atoms with van der Waals surface area (Å²) in [4.78, 5) is 28.0. The minimum Gasteiger partial charge on any atom is -0.456 e. The highest BCUT2D eigenvalue weighted by molar-refractivity contribution is 6.15. The summed E-state index contributed by atoms with van der Waals surface area (Å²) in [5, 5.41) is 0. The van der Waals surface area contributed by atoms with Crippen LogP contribution in [-0.4, -0.2) is 25.4 Å². The van der Waals surface area contributed by atoms with Crippen molar-refractivity contribution in [1.82, 2.24) is 0 Å². The fourth-order valence-electron chi connectivity index (χ4n) is 2.68. The highest BCUT2D eigenvalue weighted by Crippen LogP contribution is 2.33. The van der Waals surface area contributed by atoms with Crippen molar-refractivity contribution in [3.8, 4) is 0 Å². The average molecular weight is 298 g/mol. The number of para-hydroxylation sites is 2. The van der Waals surface area contributed by atoms with Crippen LogP contribution in [0.5, 0.6) is 0 Å². The molecule has 1 aromatic heterocycles. The van der Waals surface area contributed by atoms with Crippen molar-refractivity contribution < 1.29 is 14.0 Å². The van der Waals surface area contributed by atoms with Crippen molar-refractivity contribution in [3.05, 3.63) is 47.4 Å². The van der Waals surface area contributed by atoms with Crippen LogP contribution in [0.25, 0.3) is 0 Å². The first-order chi connectivity index (χ1) is 10.5. The Morgan fingerprint density at radius 3 is 2.59 bits per heavy atom. The minimum atomic E-state index is -0.272. The maximum absolute atomic E-state index is 12.8. The topological polar surface area (TPSA) is 53.8 Å². The summed E-state index contributed by atoms with van der Waals surface area (Å²) in [5.41, 5.74) is 2.25. The van der Waals surface area contributed by atoms with Gasteiger partial charge in [-0.2, -0.15) is 0 Å². The van der Waals surface area contributed by atoms with Crippen LogP contribution in [0.1, 0.15) is 28.8 Å². The van der Waals surface area contributed by atoms with Crippen LogP contribution in [-0.2, 0) is 11.2 Å². The third-order valence-electron chi connectivity index (χ3n) is 3.96. The predicted octanol–water partition coefficient (Wildman–Crippen LogP) is 2.77. The van der Waals surface area contributed by atoms with Crippen LogP contribution in [0, 0.1) is 6.92 Å². The molecule has 5 heteroatoms. The van der Waals surface area contributed by atoms with Gasteiger partial charge in [-0.3, -0.25) is 14.5 Å². The number of hydrogen-bond donors (Lipinski definition) is 0. The lowest BCUT2D eigenvalue weighted by atomic mass is 10.1. The summed E-state index contributed by atoms with van der Waals surface area (Å²) in [6, 6.07) is 9.25. The van der Waals surface area contributed by atoms with Crippen LogP contribution in [0.3, 0.4) is 0 Å². The number of amides is 2. The zero-order valence-corrected chi connectivity index (χ0v) is 12.9. The molecule has 0 unspecified atom stereocenters. The molecule has 0 fully saturated rings. The van der Waals surface area contributed by atoms with Crippen LogP contribution >= 0.6 is 0 Å². The van der Waals surface area contributed by atoms with Crippen LogP contribution in [0.15, 0.2) is 34.7 Å². The Kier molecular flexibility index (Phi) is 3.48. The van der Waals surface area contributed by atoms with Gasteiger partial charge in [0.2, 0.25) is 5.91 Å². The smallest absolute Gasteiger partial charge is 0.294 e. The van der Waals surface area contributed by atoms with Gasteiger partial charge >= 0.3 is 0 Å². The second kappa shape index (κ2) is 5.33. The zero-order valence-electron chi connectivity index (χ0n) is 12.9. The van der Waals surface area contributed by atoms with Crippen molar-refractivity contribution in [2.75, 3.05) is 23.4 Å². The fraction of sp³-hybridized carbons (Fsp3) is 0.294. The lowest BCUT2D eigenvalue weighted by Crippen LogP contribution is -2.46. The van der Waals surface area contributed by atoms with Gasteiger partial charge in [0.15, 0.2) is 5.76 Å². The molecule has 0 aliphatic carbocycles. The Bertz CT molecular complexity index is 748. The minimum absolute atomic E-state index is 0.0218. The van der Waals surface area contributed by atoms with Gasteiger partial charge in [-0.1, -0.05) is 19.1 Å². The van der Waals surface area contributed by atoms with Gasteiger partial charge in [0.25, 0.3) is 5.91 Å². The summed E-state index contributed by atoms with van der Waals surface area (Å²) >= 11 is 0. The molecule has 2 amide bonds. The van der Waals surface area contributed by atoms with Gasteiger partial charge in [-0.15, -0.1) is 0 Å². The third-order valence-corrected chi connectivity index (χ3v) is 3.96. The van der Waals surface area contributed by atoms with E-state index in [1.54, 1.807) is 11.9 Å². The first-order valence-electron chi connectivity index (χ1n) is 7.29. The number of aryl methyl sites for hydroxylation is 2. The highest BCUT2D eigenvalue weighted by Gasteiger charge is 2.32. The molecule has 0 atom stereocenters. The number of carbonyl (C=O) groups excluding carboxylic acids is 2. The van der Waals surface area contributed by atoms with E-state index in [1.807, 2.05) is 44.2 Å². The fourth-order valence-corrected chi connectivity index (χ4v) is 2.68. The highest BCUT2D eigenvalue weighted by atomic mass is 16.4. The second-order valence-corrected chi connectivity index (χ2v) is 5.41. The molecule has 114 valence electrons. The van der Waals surface area contributed by atoms with Crippen molar-refractivity contribution in [2.45, 2.75) is 20.3 Å². The molecule has 0 saturated heterocycles. The first-order valence-corrected chi connectivity index (χ1v) is 7.29. The van der Waals surface area contributed by atoms with Crippen molar-refractivity contribution in [2.24, 2.45) is 0 Å². The van der Waals surface area contributed by atoms with Crippen LogP contribution in [0.4, 0.5) is 11.4 Å². The molecule has 0 spiro atoms. The molecule has 0 radical (unpaired) electrons. The van der Waals surface area contributed by atoms with E-state index in [-0.39, 0.29) is 18.4 Å². The molecule has 1 aromatic carbocycles. The van der Waals surface area contributed by atoms with E-state index in [0.717, 1.165) is 29.1 Å². The molecule has 5 nitrogen and oxygen atoms in total. The van der Waals surface area contributed by atoms with Gasteiger partial charge in [0, 0.05) is 19.0 Å². The molecule has 22 heavy (non-hydrogen) atoms. The van der Waals surface area contributed by atoms with E-state index >= 15 is 0 Å². The summed E-state index contributed by atoms with van der Waals surface area (Å²) in [7, 11) is 1.72. The number of nitrogens with zero attached hydrogens (tertiary/aromatic N) is 2. The standard InChI is InChI=1S/C17H18N2O3/c1-4-12-9-11(2)16(22-12)17(21)19-10-15(20)18(3)13-7-5-6-8-14(13)19/h5-9H,4,10H2,1-3H3. The number of furan rings is 1. The molecule has 2 aromatic rings. The SMILES string of the molecule is CCc1cc(C)c(C(=O)N2CC(=O)N(C)c3ccccc32)o1. The molecule has 0 bridgehead atoms. The number of fused-ring (bicyclic) bond motifs is 1. The van der Waals surface area contributed by atoms with Crippen LogP contribution in [0.2, 0.25) is 0 Å². The van der Waals surface area contributed by atoms with Crippen LogP contribution < -0.4 is 9.80 Å². The number of benzene rings is 1. The Morgan fingerprint density at radius 1 is 1.27 bits per heavy atom. The maximum Gasteiger partial charge on any atom is 0.294 e. The van der Waals surface area contributed by atoms with E-state index < -0.39 is 0 Å². The zero-order chi connectivity index (χ0) is 15.9. The van der Waals surface area contributed by atoms with Crippen molar-refractivity contribution in [1.29, 1.82) is 0 Å². The van der Waals surface area contributed by atoms with Gasteiger partial charge in [0.05, 0.1) is 11.4 Å². The predicted molar refractivity (Wildman–Crippen MR) is 84.4 cm³/mol. The summed E-state index contributed by atoms with van der Waals surface area (Å²) in [6.45, 7) is 3.84. The van der Waals surface area contributed by atoms with Gasteiger partial charge in [-0.05, 0) is 25.1 Å². The maximum atomic E-state index is 12.8. The largest absolute Gasteiger partial charge is 0.456 e. The number of hydrogen-bond acceptors (Lipinski definition) is 3. The first kappa shape index (κ1) is 14.4. The summed E-state index contributed by atoms with van der Waals surface area (Å²) in [6.07, 6.45) is 0.729. The van der Waals surface area contributed by atoms with Gasteiger partial charge in [0.1, 0.15) is 12.3 Å². The Morgan fingerprint density at radius 2 is 1.95 bits per heavy atom. The van der Waals surface area contributed by atoms with Gasteiger partial charge in [-0.25, -0.2) is 0 Å². The number of anilines is 2.